The second-order valence-corrected chi connectivity index (χ2v) is 2.55. The molecule has 2 aromatic rings. The van der Waals surface area contributed by atoms with Gasteiger partial charge in [-0.3, -0.25) is 16.3 Å². The highest BCUT2D eigenvalue weighted by Crippen LogP contribution is 2.04. The molecule has 0 spiro atoms. The first kappa shape index (κ1) is 7.90. The average Bonchev–Trinajstić information content (AvgIpc) is 2.48. The second kappa shape index (κ2) is 2.64. The number of hydrogen-bond acceptors (Lipinski definition) is 5. The number of hydrogen-bond donors (Lipinski definition) is 3. The van der Waals surface area contributed by atoms with Gasteiger partial charge in [0.2, 0.25) is 0 Å². The molecular weight excluding hydrogens is 172 g/mol. The van der Waals surface area contributed by atoms with Crippen molar-refractivity contribution in [2.24, 2.45) is 11.5 Å². The molecule has 0 saturated heterocycles. The van der Waals surface area contributed by atoms with E-state index in [4.69, 9.17) is 11.5 Å². The van der Waals surface area contributed by atoms with Crippen LogP contribution < -0.4 is 17.0 Å². The van der Waals surface area contributed by atoms with Crippen molar-refractivity contribution in [2.45, 2.75) is 6.29 Å². The number of rotatable bonds is 1. The van der Waals surface area contributed by atoms with Crippen LogP contribution in [0.2, 0.25) is 0 Å². The second-order valence-electron chi connectivity index (χ2n) is 2.55. The average molecular weight is 180 g/mol. The molecule has 0 fully saturated rings. The molecule has 0 aromatic carbocycles. The van der Waals surface area contributed by atoms with E-state index in [0.29, 0.717) is 11.0 Å². The third-order valence-corrected chi connectivity index (χ3v) is 1.68. The van der Waals surface area contributed by atoms with Gasteiger partial charge in [-0.2, -0.15) is 5.10 Å². The summed E-state index contributed by atoms with van der Waals surface area (Å²) in [6.07, 6.45) is 1.88. The lowest BCUT2D eigenvalue weighted by molar-refractivity contribution is 0.499. The van der Waals surface area contributed by atoms with Gasteiger partial charge in [0.05, 0.1) is 12.5 Å². The fourth-order valence-corrected chi connectivity index (χ4v) is 1.09. The fraction of sp³-hybridized carbons (Fsp3) is 0.167. The van der Waals surface area contributed by atoms with Gasteiger partial charge >= 0.3 is 0 Å². The number of fused-ring (bicyclic) bond motifs is 1. The lowest BCUT2D eigenvalue weighted by Gasteiger charge is -2.04. The molecule has 0 aliphatic carbocycles. The van der Waals surface area contributed by atoms with Gasteiger partial charge in [0, 0.05) is 0 Å². The standard InChI is InChI=1S/C6H8N6O/c7-6(8)12-4-3(1-11-12)5(13)10-2-9-4/h1-2,6H,7-8H2,(H,9,10,13). The van der Waals surface area contributed by atoms with Crippen LogP contribution in [-0.2, 0) is 0 Å². The molecule has 5 N–H and O–H groups in total. The summed E-state index contributed by atoms with van der Waals surface area (Å²) in [5.41, 5.74) is 10.9. The first-order valence-electron chi connectivity index (χ1n) is 3.62. The summed E-state index contributed by atoms with van der Waals surface area (Å²) in [5, 5.41) is 4.22. The molecule has 68 valence electrons. The maximum absolute atomic E-state index is 11.2. The Balaban J connectivity index is 2.83. The van der Waals surface area contributed by atoms with Gasteiger partial charge in [-0.15, -0.1) is 0 Å². The van der Waals surface area contributed by atoms with Gasteiger partial charge < -0.3 is 4.98 Å². The van der Waals surface area contributed by atoms with Crippen LogP contribution in [0.25, 0.3) is 11.0 Å². The van der Waals surface area contributed by atoms with Crippen molar-refractivity contribution in [3.8, 4) is 0 Å². The van der Waals surface area contributed by atoms with Crippen LogP contribution in [0.1, 0.15) is 6.29 Å². The minimum atomic E-state index is -0.785. The predicted octanol–water partition coefficient (Wildman–Crippen LogP) is -1.51. The highest BCUT2D eigenvalue weighted by atomic mass is 16.1. The van der Waals surface area contributed by atoms with Gasteiger partial charge in [-0.05, 0) is 0 Å². The van der Waals surface area contributed by atoms with Gasteiger partial charge in [-0.1, -0.05) is 0 Å². The number of nitrogens with two attached hydrogens (primary N) is 2. The van der Waals surface area contributed by atoms with Crippen molar-refractivity contribution in [1.82, 2.24) is 19.7 Å². The third-order valence-electron chi connectivity index (χ3n) is 1.68. The van der Waals surface area contributed by atoms with Crippen LogP contribution in [0.15, 0.2) is 17.3 Å². The van der Waals surface area contributed by atoms with Crippen LogP contribution in [0.4, 0.5) is 0 Å². The molecule has 13 heavy (non-hydrogen) atoms. The van der Waals surface area contributed by atoms with Gasteiger partial charge in [0.1, 0.15) is 5.39 Å². The Bertz CT molecular complexity index is 483. The summed E-state index contributed by atoms with van der Waals surface area (Å²) in [6, 6.07) is 0. The smallest absolute Gasteiger partial charge is 0.261 e. The van der Waals surface area contributed by atoms with E-state index in [0.717, 1.165) is 0 Å². The van der Waals surface area contributed by atoms with E-state index < -0.39 is 6.29 Å². The Hall–Kier alpha value is -1.73. The minimum Gasteiger partial charge on any atom is -0.312 e. The molecule has 0 unspecified atom stereocenters. The molecule has 2 heterocycles. The van der Waals surface area contributed by atoms with Crippen molar-refractivity contribution in [2.75, 3.05) is 0 Å². The van der Waals surface area contributed by atoms with E-state index in [1.807, 2.05) is 0 Å². The lowest BCUT2D eigenvalue weighted by atomic mass is 10.4. The van der Waals surface area contributed by atoms with Crippen molar-refractivity contribution in [1.29, 1.82) is 0 Å². The zero-order chi connectivity index (χ0) is 9.42. The summed E-state index contributed by atoms with van der Waals surface area (Å²) >= 11 is 0. The number of nitrogens with zero attached hydrogens (tertiary/aromatic N) is 3. The monoisotopic (exact) mass is 180 g/mol. The highest BCUT2D eigenvalue weighted by Gasteiger charge is 2.08. The fourth-order valence-electron chi connectivity index (χ4n) is 1.09. The minimum absolute atomic E-state index is 0.253. The maximum Gasteiger partial charge on any atom is 0.261 e. The molecule has 0 aliphatic heterocycles. The summed E-state index contributed by atoms with van der Waals surface area (Å²) in [6.45, 7) is 0. The Morgan fingerprint density at radius 3 is 3.00 bits per heavy atom. The number of aromatic nitrogens is 4. The number of H-pyrrole nitrogens is 1. The first-order valence-corrected chi connectivity index (χ1v) is 3.62. The highest BCUT2D eigenvalue weighted by molar-refractivity contribution is 5.72. The Morgan fingerprint density at radius 1 is 1.54 bits per heavy atom. The van der Waals surface area contributed by atoms with Crippen LogP contribution in [0.5, 0.6) is 0 Å². The Morgan fingerprint density at radius 2 is 2.31 bits per heavy atom. The van der Waals surface area contributed by atoms with Crippen molar-refractivity contribution in [3.63, 3.8) is 0 Å². The molecule has 7 heteroatoms. The number of nitrogens with one attached hydrogen (secondary N) is 1. The maximum atomic E-state index is 11.2. The van der Waals surface area contributed by atoms with Crippen LogP contribution in [-0.4, -0.2) is 19.7 Å². The summed E-state index contributed by atoms with van der Waals surface area (Å²) in [4.78, 5) is 17.5. The van der Waals surface area contributed by atoms with Crippen molar-refractivity contribution >= 4 is 11.0 Å². The SMILES string of the molecule is NC(N)n1ncc2c(=O)[nH]cnc21. The lowest BCUT2D eigenvalue weighted by Crippen LogP contribution is -2.28. The molecule has 7 nitrogen and oxygen atoms in total. The van der Waals surface area contributed by atoms with Gasteiger partial charge in [0.15, 0.2) is 11.9 Å². The summed E-state index contributed by atoms with van der Waals surface area (Å²) in [5.74, 6) is 0. The van der Waals surface area contributed by atoms with E-state index in [1.165, 1.54) is 17.2 Å². The van der Waals surface area contributed by atoms with Crippen molar-refractivity contribution < 1.29 is 0 Å². The van der Waals surface area contributed by atoms with E-state index >= 15 is 0 Å². The molecule has 0 bridgehead atoms. The molecule has 2 aromatic heterocycles. The van der Waals surface area contributed by atoms with Gasteiger partial charge in [0.25, 0.3) is 5.56 Å². The molecule has 0 saturated carbocycles. The Labute approximate surface area is 72.4 Å². The molecule has 0 amide bonds. The predicted molar refractivity (Wildman–Crippen MR) is 45.6 cm³/mol. The molecular formula is C6H8N6O. The Kier molecular flexibility index (Phi) is 1.61. The van der Waals surface area contributed by atoms with E-state index in [1.54, 1.807) is 0 Å². The van der Waals surface area contributed by atoms with Crippen LogP contribution in [0, 0.1) is 0 Å². The quantitative estimate of drug-likeness (QED) is 0.461. The zero-order valence-corrected chi connectivity index (χ0v) is 6.64. The third kappa shape index (κ3) is 1.10. The first-order chi connectivity index (χ1) is 6.20. The van der Waals surface area contributed by atoms with E-state index in [-0.39, 0.29) is 5.56 Å². The zero-order valence-electron chi connectivity index (χ0n) is 6.64. The number of aromatic amines is 1. The molecule has 2 rings (SSSR count). The summed E-state index contributed by atoms with van der Waals surface area (Å²) in [7, 11) is 0. The summed E-state index contributed by atoms with van der Waals surface area (Å²) < 4.78 is 1.28. The van der Waals surface area contributed by atoms with Crippen LogP contribution in [0.3, 0.4) is 0 Å². The largest absolute Gasteiger partial charge is 0.312 e. The molecule has 0 radical (unpaired) electrons. The van der Waals surface area contributed by atoms with Gasteiger partial charge in [-0.25, -0.2) is 9.67 Å². The topological polar surface area (TPSA) is 116 Å². The molecule has 0 atom stereocenters. The molecule has 0 aliphatic rings. The normalized spacial score (nSPS) is 11.3. The van der Waals surface area contributed by atoms with E-state index in [9.17, 15) is 4.79 Å². The van der Waals surface area contributed by atoms with Crippen LogP contribution >= 0.6 is 0 Å². The van der Waals surface area contributed by atoms with E-state index in [2.05, 4.69) is 15.1 Å². The van der Waals surface area contributed by atoms with Crippen molar-refractivity contribution in [3.05, 3.63) is 22.9 Å².